The zero-order valence-corrected chi connectivity index (χ0v) is 7.30. The van der Waals surface area contributed by atoms with Gasteiger partial charge in [0.15, 0.2) is 0 Å². The summed E-state index contributed by atoms with van der Waals surface area (Å²) in [5, 5.41) is 0. The van der Waals surface area contributed by atoms with Gasteiger partial charge in [0.25, 0.3) is 0 Å². The van der Waals surface area contributed by atoms with Crippen molar-refractivity contribution in [2.75, 3.05) is 6.54 Å². The molecule has 0 saturated carbocycles. The largest absolute Gasteiger partial charge is 0.373 e. The van der Waals surface area contributed by atoms with Gasteiger partial charge in [0.2, 0.25) is 11.3 Å². The van der Waals surface area contributed by atoms with Crippen molar-refractivity contribution in [1.29, 1.82) is 0 Å². The topological polar surface area (TPSA) is 102 Å². The molecule has 1 unspecified atom stereocenters. The van der Waals surface area contributed by atoms with Crippen molar-refractivity contribution in [2.24, 2.45) is 5.90 Å². The lowest BCUT2D eigenvalue weighted by Gasteiger charge is -1.98. The van der Waals surface area contributed by atoms with Gasteiger partial charge >= 0.3 is 5.97 Å². The van der Waals surface area contributed by atoms with E-state index >= 15 is 0 Å². The molecule has 0 aromatic heterocycles. The van der Waals surface area contributed by atoms with E-state index in [1.165, 1.54) is 0 Å². The van der Waals surface area contributed by atoms with Crippen LogP contribution in [0.15, 0.2) is 0 Å². The third-order valence-corrected chi connectivity index (χ3v) is 1.62. The predicted molar refractivity (Wildman–Crippen MR) is 42.9 cm³/mol. The van der Waals surface area contributed by atoms with Crippen molar-refractivity contribution in [2.45, 2.75) is 19.3 Å². The first-order chi connectivity index (χ1) is 5.66. The third-order valence-electron chi connectivity index (χ3n) is 1.16. The second-order valence-corrected chi connectivity index (χ2v) is 2.88. The van der Waals surface area contributed by atoms with E-state index in [1.807, 2.05) is 0 Å². The molecule has 0 heterocycles. The molecule has 0 aliphatic heterocycles. The van der Waals surface area contributed by atoms with Crippen LogP contribution < -0.4 is 10.6 Å². The van der Waals surface area contributed by atoms with Crippen molar-refractivity contribution in [3.63, 3.8) is 0 Å². The van der Waals surface area contributed by atoms with E-state index in [1.54, 1.807) is 0 Å². The summed E-state index contributed by atoms with van der Waals surface area (Å²) in [7, 11) is 0. The highest BCUT2D eigenvalue weighted by Crippen LogP contribution is 1.94. The molecule has 0 spiro atoms. The normalized spacial score (nSPS) is 12.5. The van der Waals surface area contributed by atoms with Gasteiger partial charge in [-0.1, -0.05) is 0 Å². The SMILES string of the molecule is NOC(=O)CCCCNS(=O)O. The van der Waals surface area contributed by atoms with E-state index in [0.717, 1.165) is 0 Å². The Kier molecular flexibility index (Phi) is 6.87. The maximum Gasteiger partial charge on any atom is 0.324 e. The summed E-state index contributed by atoms with van der Waals surface area (Å²) in [5.74, 6) is 4.11. The van der Waals surface area contributed by atoms with Crippen molar-refractivity contribution < 1.29 is 18.4 Å². The summed E-state index contributed by atoms with van der Waals surface area (Å²) in [6.45, 7) is 0.390. The lowest BCUT2D eigenvalue weighted by atomic mass is 10.2. The Morgan fingerprint density at radius 2 is 2.25 bits per heavy atom. The highest BCUT2D eigenvalue weighted by atomic mass is 32.2. The Balaban J connectivity index is 3.11. The quantitative estimate of drug-likeness (QED) is 0.296. The van der Waals surface area contributed by atoms with Crippen LogP contribution >= 0.6 is 0 Å². The molecule has 0 bridgehead atoms. The van der Waals surface area contributed by atoms with Gasteiger partial charge in [0.1, 0.15) is 0 Å². The Morgan fingerprint density at radius 3 is 2.75 bits per heavy atom. The summed E-state index contributed by atoms with van der Waals surface area (Å²) in [5.41, 5.74) is 0. The lowest BCUT2D eigenvalue weighted by Crippen LogP contribution is -2.17. The highest BCUT2D eigenvalue weighted by molar-refractivity contribution is 7.77. The first-order valence-corrected chi connectivity index (χ1v) is 4.51. The molecule has 0 aromatic carbocycles. The van der Waals surface area contributed by atoms with E-state index in [0.29, 0.717) is 19.4 Å². The fraction of sp³-hybridized carbons (Fsp3) is 0.800. The molecule has 1 atom stereocenters. The number of nitrogens with one attached hydrogen (secondary N) is 1. The molecule has 0 radical (unpaired) electrons. The van der Waals surface area contributed by atoms with E-state index in [4.69, 9.17) is 4.55 Å². The molecule has 0 amide bonds. The van der Waals surface area contributed by atoms with Gasteiger partial charge in [-0.3, -0.25) is 9.35 Å². The second-order valence-electron chi connectivity index (χ2n) is 2.09. The van der Waals surface area contributed by atoms with Crippen molar-refractivity contribution in [3.8, 4) is 0 Å². The molecule has 0 fully saturated rings. The molecule has 0 aromatic rings. The van der Waals surface area contributed by atoms with Crippen molar-refractivity contribution >= 4 is 17.2 Å². The maximum atomic E-state index is 10.4. The minimum Gasteiger partial charge on any atom is -0.373 e. The Morgan fingerprint density at radius 1 is 1.58 bits per heavy atom. The van der Waals surface area contributed by atoms with E-state index in [-0.39, 0.29) is 6.42 Å². The first kappa shape index (κ1) is 11.5. The Bertz CT molecular complexity index is 164. The molecule has 6 nitrogen and oxygen atoms in total. The molecule has 0 rings (SSSR count). The number of carbonyl (C=O) groups is 1. The van der Waals surface area contributed by atoms with Crippen LogP contribution in [0.2, 0.25) is 0 Å². The average Bonchev–Trinajstić information content (AvgIpc) is 2.03. The van der Waals surface area contributed by atoms with Crippen LogP contribution in [0, 0.1) is 0 Å². The number of carbonyl (C=O) groups excluding carboxylic acids is 1. The smallest absolute Gasteiger partial charge is 0.324 e. The van der Waals surface area contributed by atoms with Gasteiger partial charge < -0.3 is 4.84 Å². The van der Waals surface area contributed by atoms with E-state index in [9.17, 15) is 9.00 Å². The molecular formula is C5H12N2O4S. The zero-order chi connectivity index (χ0) is 9.40. The summed E-state index contributed by atoms with van der Waals surface area (Å²) in [6.07, 6.45) is 1.44. The first-order valence-electron chi connectivity index (χ1n) is 3.40. The van der Waals surface area contributed by atoms with Gasteiger partial charge in [-0.15, -0.1) is 0 Å². The summed E-state index contributed by atoms with van der Waals surface area (Å²) < 4.78 is 20.6. The van der Waals surface area contributed by atoms with Gasteiger partial charge in [0.05, 0.1) is 0 Å². The maximum absolute atomic E-state index is 10.4. The van der Waals surface area contributed by atoms with Crippen LogP contribution in [0.4, 0.5) is 0 Å². The molecule has 4 N–H and O–H groups in total. The van der Waals surface area contributed by atoms with Gasteiger partial charge in [-0.05, 0) is 12.8 Å². The molecule has 0 aliphatic rings. The van der Waals surface area contributed by atoms with Crippen LogP contribution in [0.25, 0.3) is 0 Å². The molecule has 0 aliphatic carbocycles. The van der Waals surface area contributed by atoms with Crippen LogP contribution in [0.5, 0.6) is 0 Å². The highest BCUT2D eigenvalue weighted by Gasteiger charge is 1.99. The lowest BCUT2D eigenvalue weighted by molar-refractivity contribution is -0.144. The molecule has 12 heavy (non-hydrogen) atoms. The number of rotatable bonds is 6. The van der Waals surface area contributed by atoms with Gasteiger partial charge in [0, 0.05) is 13.0 Å². The minimum atomic E-state index is -1.97. The monoisotopic (exact) mass is 196 g/mol. The van der Waals surface area contributed by atoms with Gasteiger partial charge in [-0.2, -0.15) is 5.90 Å². The fourth-order valence-electron chi connectivity index (χ4n) is 0.613. The van der Waals surface area contributed by atoms with Crippen LogP contribution in [0.3, 0.4) is 0 Å². The van der Waals surface area contributed by atoms with Crippen LogP contribution in [-0.4, -0.2) is 21.3 Å². The Labute approximate surface area is 72.8 Å². The van der Waals surface area contributed by atoms with Crippen LogP contribution in [0.1, 0.15) is 19.3 Å². The van der Waals surface area contributed by atoms with Crippen LogP contribution in [-0.2, 0) is 20.9 Å². The van der Waals surface area contributed by atoms with Crippen molar-refractivity contribution in [3.05, 3.63) is 0 Å². The average molecular weight is 196 g/mol. The van der Waals surface area contributed by atoms with E-state index in [2.05, 4.69) is 15.5 Å². The molecule has 0 saturated heterocycles. The third kappa shape index (κ3) is 7.61. The predicted octanol–water partition coefficient (Wildman–Crippen LogP) is -0.700. The fourth-order valence-corrected chi connectivity index (χ4v) is 0.932. The zero-order valence-electron chi connectivity index (χ0n) is 6.49. The molecule has 7 heteroatoms. The number of hydrogen-bond donors (Lipinski definition) is 3. The standard InChI is InChI=1S/C5H12N2O4S/c6-11-5(8)3-1-2-4-7-12(9)10/h7H,1-4,6H2,(H,9,10). The Hall–Kier alpha value is -0.500. The second kappa shape index (κ2) is 7.17. The number of hydrogen-bond acceptors (Lipinski definition) is 4. The van der Waals surface area contributed by atoms with Gasteiger partial charge in [-0.25, -0.2) is 8.93 Å². The molecular weight excluding hydrogens is 184 g/mol. The minimum absolute atomic E-state index is 0.232. The summed E-state index contributed by atoms with van der Waals surface area (Å²) >= 11 is -1.97. The molecule has 72 valence electrons. The number of unbranched alkanes of at least 4 members (excludes halogenated alkanes) is 1. The summed E-state index contributed by atoms with van der Waals surface area (Å²) in [4.78, 5) is 14.3. The van der Waals surface area contributed by atoms with Crippen molar-refractivity contribution in [1.82, 2.24) is 4.72 Å². The number of nitrogens with two attached hydrogens (primary N) is 1. The summed E-state index contributed by atoms with van der Waals surface area (Å²) in [6, 6.07) is 0. The van der Waals surface area contributed by atoms with E-state index < -0.39 is 17.2 Å².